The number of hydrogen-bond donors (Lipinski definition) is 2. The first-order valence-corrected chi connectivity index (χ1v) is 6.60. The van der Waals surface area contributed by atoms with Gasteiger partial charge < -0.3 is 15.2 Å². The lowest BCUT2D eigenvalue weighted by Gasteiger charge is -2.40. The summed E-state index contributed by atoms with van der Waals surface area (Å²) in [6, 6.07) is 4.18. The standard InChI is InChI=1S/C15H23NO2/c1-11-7-13(14(18-3)8-12(11)2)16-9-15(10-17)5-4-6-15/h7-8,16-17H,4-6,9-10H2,1-3H3. The van der Waals surface area contributed by atoms with Crippen LogP contribution in [0.5, 0.6) is 5.75 Å². The average Bonchev–Trinajstić information content (AvgIpc) is 2.32. The number of aryl methyl sites for hydroxylation is 2. The molecule has 0 unspecified atom stereocenters. The molecule has 2 N–H and O–H groups in total. The number of benzene rings is 1. The molecule has 2 rings (SSSR count). The van der Waals surface area contributed by atoms with E-state index >= 15 is 0 Å². The molecule has 0 heterocycles. The first-order valence-electron chi connectivity index (χ1n) is 6.60. The van der Waals surface area contributed by atoms with Crippen molar-refractivity contribution in [2.75, 3.05) is 25.6 Å². The Balaban J connectivity index is 2.11. The van der Waals surface area contributed by atoms with E-state index in [9.17, 15) is 5.11 Å². The van der Waals surface area contributed by atoms with E-state index in [4.69, 9.17) is 4.74 Å². The van der Waals surface area contributed by atoms with Gasteiger partial charge in [-0.1, -0.05) is 6.42 Å². The SMILES string of the molecule is COc1cc(C)c(C)cc1NCC1(CO)CCC1. The predicted molar refractivity (Wildman–Crippen MR) is 74.3 cm³/mol. The molecule has 1 saturated carbocycles. The van der Waals surface area contributed by atoms with E-state index in [2.05, 4.69) is 31.3 Å². The molecule has 3 nitrogen and oxygen atoms in total. The van der Waals surface area contributed by atoms with E-state index in [0.29, 0.717) is 0 Å². The minimum Gasteiger partial charge on any atom is -0.495 e. The van der Waals surface area contributed by atoms with Gasteiger partial charge in [0, 0.05) is 12.0 Å². The maximum atomic E-state index is 9.47. The molecule has 100 valence electrons. The van der Waals surface area contributed by atoms with Crippen molar-refractivity contribution in [3.05, 3.63) is 23.3 Å². The van der Waals surface area contributed by atoms with Crippen molar-refractivity contribution in [1.29, 1.82) is 0 Å². The Bertz CT molecular complexity index is 419. The molecule has 0 aromatic heterocycles. The van der Waals surface area contributed by atoms with E-state index in [-0.39, 0.29) is 12.0 Å². The molecule has 1 aromatic carbocycles. The Kier molecular flexibility index (Phi) is 3.81. The zero-order valence-corrected chi connectivity index (χ0v) is 11.5. The van der Waals surface area contributed by atoms with Crippen LogP contribution in [-0.2, 0) is 0 Å². The van der Waals surface area contributed by atoms with Crippen LogP contribution in [-0.4, -0.2) is 25.4 Å². The minimum absolute atomic E-state index is 0.0871. The lowest BCUT2D eigenvalue weighted by Crippen LogP contribution is -2.39. The largest absolute Gasteiger partial charge is 0.495 e. The molecule has 1 aliphatic rings. The molecule has 0 amide bonds. The van der Waals surface area contributed by atoms with E-state index < -0.39 is 0 Å². The number of nitrogens with one attached hydrogen (secondary N) is 1. The molecule has 0 spiro atoms. The Morgan fingerprint density at radius 3 is 2.44 bits per heavy atom. The second kappa shape index (κ2) is 5.19. The van der Waals surface area contributed by atoms with Gasteiger partial charge in [-0.05, 0) is 49.9 Å². The summed E-state index contributed by atoms with van der Waals surface area (Å²) in [7, 11) is 1.69. The monoisotopic (exact) mass is 249 g/mol. The first-order chi connectivity index (χ1) is 8.60. The third kappa shape index (κ3) is 2.46. The van der Waals surface area contributed by atoms with Crippen LogP contribution in [0.2, 0.25) is 0 Å². The molecule has 0 aliphatic heterocycles. The average molecular weight is 249 g/mol. The van der Waals surface area contributed by atoms with Crippen molar-refractivity contribution in [3.8, 4) is 5.75 Å². The zero-order chi connectivity index (χ0) is 13.2. The van der Waals surface area contributed by atoms with E-state index in [1.165, 1.54) is 17.5 Å². The molecule has 0 bridgehead atoms. The fourth-order valence-corrected chi connectivity index (χ4v) is 2.45. The maximum Gasteiger partial charge on any atom is 0.142 e. The van der Waals surface area contributed by atoms with Gasteiger partial charge in [-0.3, -0.25) is 0 Å². The van der Waals surface area contributed by atoms with Crippen LogP contribution >= 0.6 is 0 Å². The van der Waals surface area contributed by atoms with Gasteiger partial charge in [0.25, 0.3) is 0 Å². The number of anilines is 1. The van der Waals surface area contributed by atoms with Crippen molar-refractivity contribution in [2.24, 2.45) is 5.41 Å². The van der Waals surface area contributed by atoms with Gasteiger partial charge in [0.1, 0.15) is 5.75 Å². The molecule has 0 atom stereocenters. The fraction of sp³-hybridized carbons (Fsp3) is 0.600. The molecular formula is C15H23NO2. The third-order valence-electron chi connectivity index (χ3n) is 4.22. The predicted octanol–water partition coefficient (Wildman–Crippen LogP) is 2.89. The highest BCUT2D eigenvalue weighted by Crippen LogP contribution is 2.41. The second-order valence-electron chi connectivity index (χ2n) is 5.50. The molecule has 18 heavy (non-hydrogen) atoms. The smallest absolute Gasteiger partial charge is 0.142 e. The van der Waals surface area contributed by atoms with Crippen LogP contribution in [0.15, 0.2) is 12.1 Å². The van der Waals surface area contributed by atoms with Gasteiger partial charge in [0.2, 0.25) is 0 Å². The fourth-order valence-electron chi connectivity index (χ4n) is 2.45. The van der Waals surface area contributed by atoms with Gasteiger partial charge in [-0.15, -0.1) is 0 Å². The van der Waals surface area contributed by atoms with Crippen molar-refractivity contribution >= 4 is 5.69 Å². The summed E-state index contributed by atoms with van der Waals surface area (Å²) in [5.41, 5.74) is 3.60. The van der Waals surface area contributed by atoms with Crippen LogP contribution in [0.3, 0.4) is 0 Å². The number of hydrogen-bond acceptors (Lipinski definition) is 3. The van der Waals surface area contributed by atoms with Crippen molar-refractivity contribution in [1.82, 2.24) is 0 Å². The topological polar surface area (TPSA) is 41.5 Å². The number of ether oxygens (including phenoxy) is 1. The molecule has 0 saturated heterocycles. The summed E-state index contributed by atoms with van der Waals surface area (Å²) in [5, 5.41) is 12.9. The molecule has 1 fully saturated rings. The molecule has 1 aliphatic carbocycles. The van der Waals surface area contributed by atoms with E-state index in [1.807, 2.05) is 0 Å². The number of rotatable bonds is 5. The minimum atomic E-state index is 0.0871. The number of aliphatic hydroxyl groups excluding tert-OH is 1. The molecule has 0 radical (unpaired) electrons. The highest BCUT2D eigenvalue weighted by Gasteiger charge is 2.36. The highest BCUT2D eigenvalue weighted by atomic mass is 16.5. The van der Waals surface area contributed by atoms with E-state index in [0.717, 1.165) is 30.8 Å². The summed E-state index contributed by atoms with van der Waals surface area (Å²) in [5.74, 6) is 0.880. The summed E-state index contributed by atoms with van der Waals surface area (Å²) in [4.78, 5) is 0. The van der Waals surface area contributed by atoms with Gasteiger partial charge in [0.15, 0.2) is 0 Å². The van der Waals surface area contributed by atoms with Gasteiger partial charge in [-0.25, -0.2) is 0 Å². The molecule has 1 aromatic rings. The molecular weight excluding hydrogens is 226 g/mol. The zero-order valence-electron chi connectivity index (χ0n) is 11.5. The van der Waals surface area contributed by atoms with Crippen LogP contribution < -0.4 is 10.1 Å². The number of aliphatic hydroxyl groups is 1. The van der Waals surface area contributed by atoms with Crippen molar-refractivity contribution in [2.45, 2.75) is 33.1 Å². The summed E-state index contributed by atoms with van der Waals surface area (Å²) in [6.45, 7) is 5.28. The Morgan fingerprint density at radius 2 is 1.94 bits per heavy atom. The van der Waals surface area contributed by atoms with Crippen LogP contribution in [0.25, 0.3) is 0 Å². The Labute approximate surface area is 109 Å². The third-order valence-corrected chi connectivity index (χ3v) is 4.22. The second-order valence-corrected chi connectivity index (χ2v) is 5.50. The van der Waals surface area contributed by atoms with Crippen molar-refractivity contribution in [3.63, 3.8) is 0 Å². The Hall–Kier alpha value is -1.22. The van der Waals surface area contributed by atoms with Gasteiger partial charge in [-0.2, -0.15) is 0 Å². The lowest BCUT2D eigenvalue weighted by molar-refractivity contribution is 0.0576. The molecule has 3 heteroatoms. The van der Waals surface area contributed by atoms with Gasteiger partial charge in [0.05, 0.1) is 19.4 Å². The van der Waals surface area contributed by atoms with E-state index in [1.54, 1.807) is 7.11 Å². The normalized spacial score (nSPS) is 17.1. The van der Waals surface area contributed by atoms with Crippen LogP contribution in [0.1, 0.15) is 30.4 Å². The van der Waals surface area contributed by atoms with Crippen LogP contribution in [0, 0.1) is 19.3 Å². The van der Waals surface area contributed by atoms with Crippen LogP contribution in [0.4, 0.5) is 5.69 Å². The highest BCUT2D eigenvalue weighted by molar-refractivity contribution is 5.60. The summed E-state index contributed by atoms with van der Waals surface area (Å²) in [6.07, 6.45) is 3.46. The lowest BCUT2D eigenvalue weighted by atomic mass is 9.69. The summed E-state index contributed by atoms with van der Waals surface area (Å²) < 4.78 is 5.41. The maximum absolute atomic E-state index is 9.47. The summed E-state index contributed by atoms with van der Waals surface area (Å²) >= 11 is 0. The quantitative estimate of drug-likeness (QED) is 0.843. The number of methoxy groups -OCH3 is 1. The van der Waals surface area contributed by atoms with Crippen molar-refractivity contribution < 1.29 is 9.84 Å². The Morgan fingerprint density at radius 1 is 1.28 bits per heavy atom. The first kappa shape index (κ1) is 13.2. The van der Waals surface area contributed by atoms with Gasteiger partial charge >= 0.3 is 0 Å².